The number of rotatable bonds is 4. The molecule has 6 heteroatoms. The minimum Gasteiger partial charge on any atom is -0.342 e. The first-order chi connectivity index (χ1) is 8.95. The van der Waals surface area contributed by atoms with E-state index in [2.05, 4.69) is 24.3 Å². The summed E-state index contributed by atoms with van der Waals surface area (Å²) in [6, 6.07) is 1.74. The van der Waals surface area contributed by atoms with E-state index in [1.165, 1.54) is 0 Å². The fourth-order valence-electron chi connectivity index (χ4n) is 2.28. The van der Waals surface area contributed by atoms with Crippen molar-refractivity contribution in [1.82, 2.24) is 14.7 Å². The maximum Gasteiger partial charge on any atom is 0.230 e. The predicted molar refractivity (Wildman–Crippen MR) is 71.4 cm³/mol. The number of amides is 2. The van der Waals surface area contributed by atoms with Crippen LogP contribution >= 0.6 is 0 Å². The number of hydrogen-bond acceptors (Lipinski definition) is 3. The topological polar surface area (TPSA) is 67.2 Å². The van der Waals surface area contributed by atoms with Gasteiger partial charge in [-0.05, 0) is 5.92 Å². The molecule has 1 aromatic rings. The number of anilines is 1. The van der Waals surface area contributed by atoms with Crippen LogP contribution in [0.4, 0.5) is 5.82 Å². The number of nitrogens with zero attached hydrogens (tertiary/aromatic N) is 3. The zero-order valence-corrected chi connectivity index (χ0v) is 11.6. The van der Waals surface area contributed by atoms with Crippen LogP contribution in [0, 0.1) is 11.8 Å². The summed E-state index contributed by atoms with van der Waals surface area (Å²) in [6.45, 7) is 5.35. The standard InChI is InChI=1S/C13H20N4O2/c1-9(2)7-17-8-10(6-12(17)18)13(19)14-11-4-5-16(3)15-11/h4-5,9-10H,6-8H2,1-3H3,(H,14,15,19)/t10-/m0/s1. The van der Waals surface area contributed by atoms with E-state index >= 15 is 0 Å². The fourth-order valence-corrected chi connectivity index (χ4v) is 2.28. The van der Waals surface area contributed by atoms with Crippen LogP contribution < -0.4 is 5.32 Å². The van der Waals surface area contributed by atoms with Crippen LogP contribution in [0.5, 0.6) is 0 Å². The van der Waals surface area contributed by atoms with Crippen molar-refractivity contribution in [2.45, 2.75) is 20.3 Å². The molecule has 1 atom stereocenters. The molecule has 0 saturated carbocycles. The Morgan fingerprint density at radius 2 is 2.32 bits per heavy atom. The number of carbonyl (C=O) groups is 2. The molecule has 0 radical (unpaired) electrons. The third-order valence-electron chi connectivity index (χ3n) is 3.14. The van der Waals surface area contributed by atoms with Gasteiger partial charge in [-0.25, -0.2) is 0 Å². The second kappa shape index (κ2) is 5.42. The van der Waals surface area contributed by atoms with Gasteiger partial charge in [0, 0.05) is 38.8 Å². The van der Waals surface area contributed by atoms with Crippen molar-refractivity contribution in [2.24, 2.45) is 18.9 Å². The molecule has 0 aliphatic carbocycles. The second-order valence-electron chi connectivity index (χ2n) is 5.46. The highest BCUT2D eigenvalue weighted by Crippen LogP contribution is 2.20. The molecule has 1 aliphatic rings. The Kier molecular flexibility index (Phi) is 3.87. The van der Waals surface area contributed by atoms with Crippen molar-refractivity contribution in [3.63, 3.8) is 0 Å². The molecule has 6 nitrogen and oxygen atoms in total. The van der Waals surface area contributed by atoms with Gasteiger partial charge < -0.3 is 10.2 Å². The molecule has 0 aromatic carbocycles. The van der Waals surface area contributed by atoms with Crippen molar-refractivity contribution in [1.29, 1.82) is 0 Å². The second-order valence-corrected chi connectivity index (χ2v) is 5.46. The lowest BCUT2D eigenvalue weighted by molar-refractivity contribution is -0.128. The molecule has 2 rings (SSSR count). The van der Waals surface area contributed by atoms with E-state index in [4.69, 9.17) is 0 Å². The predicted octanol–water partition coefficient (Wildman–Crippen LogP) is 0.863. The quantitative estimate of drug-likeness (QED) is 0.877. The monoisotopic (exact) mass is 264 g/mol. The number of aromatic nitrogens is 2. The highest BCUT2D eigenvalue weighted by atomic mass is 16.2. The molecule has 1 fully saturated rings. The number of likely N-dealkylation sites (tertiary alicyclic amines) is 1. The van der Waals surface area contributed by atoms with Gasteiger partial charge in [-0.3, -0.25) is 14.3 Å². The molecule has 1 saturated heterocycles. The SMILES string of the molecule is CC(C)CN1C[C@@H](C(=O)Nc2ccn(C)n2)CC1=O. The summed E-state index contributed by atoms with van der Waals surface area (Å²) in [5, 5.41) is 6.84. The number of aryl methyl sites for hydroxylation is 1. The Hall–Kier alpha value is -1.85. The van der Waals surface area contributed by atoms with Gasteiger partial charge in [0.05, 0.1) is 5.92 Å². The molecular formula is C13H20N4O2. The maximum atomic E-state index is 12.1. The Labute approximate surface area is 112 Å². The summed E-state index contributed by atoms with van der Waals surface area (Å²) in [4.78, 5) is 25.6. The summed E-state index contributed by atoms with van der Waals surface area (Å²) in [5.41, 5.74) is 0. The van der Waals surface area contributed by atoms with Crippen LogP contribution in [0.1, 0.15) is 20.3 Å². The molecule has 1 aliphatic heterocycles. The third kappa shape index (κ3) is 3.33. The van der Waals surface area contributed by atoms with Gasteiger partial charge >= 0.3 is 0 Å². The zero-order valence-electron chi connectivity index (χ0n) is 11.6. The maximum absolute atomic E-state index is 12.1. The highest BCUT2D eigenvalue weighted by Gasteiger charge is 2.34. The minimum absolute atomic E-state index is 0.0647. The first-order valence-corrected chi connectivity index (χ1v) is 6.54. The van der Waals surface area contributed by atoms with Gasteiger partial charge in [-0.1, -0.05) is 13.8 Å². The molecule has 2 heterocycles. The van der Waals surface area contributed by atoms with Gasteiger partial charge in [-0.2, -0.15) is 5.10 Å². The number of nitrogens with one attached hydrogen (secondary N) is 1. The van der Waals surface area contributed by atoms with Gasteiger partial charge in [0.2, 0.25) is 11.8 Å². The Morgan fingerprint density at radius 3 is 2.89 bits per heavy atom. The Bertz CT molecular complexity index is 481. The Balaban J connectivity index is 1.92. The van der Waals surface area contributed by atoms with Crippen LogP contribution in [0.15, 0.2) is 12.3 Å². The van der Waals surface area contributed by atoms with E-state index in [9.17, 15) is 9.59 Å². The van der Waals surface area contributed by atoms with Gasteiger partial charge in [0.15, 0.2) is 5.82 Å². The fraction of sp³-hybridized carbons (Fsp3) is 0.615. The molecule has 2 amide bonds. The summed E-state index contributed by atoms with van der Waals surface area (Å²) in [7, 11) is 1.79. The highest BCUT2D eigenvalue weighted by molar-refractivity contribution is 5.96. The number of hydrogen-bond donors (Lipinski definition) is 1. The van der Waals surface area contributed by atoms with E-state index in [-0.39, 0.29) is 17.7 Å². The molecule has 0 unspecified atom stereocenters. The lowest BCUT2D eigenvalue weighted by atomic mass is 10.1. The van der Waals surface area contributed by atoms with Crippen LogP contribution in [0.3, 0.4) is 0 Å². The summed E-state index contributed by atoms with van der Waals surface area (Å²) >= 11 is 0. The first kappa shape index (κ1) is 13.6. The van der Waals surface area contributed by atoms with Gasteiger partial charge in [0.1, 0.15) is 0 Å². The van der Waals surface area contributed by atoms with Gasteiger partial charge in [0.25, 0.3) is 0 Å². The summed E-state index contributed by atoms with van der Waals surface area (Å²) < 4.78 is 1.63. The van der Waals surface area contributed by atoms with E-state index < -0.39 is 0 Å². The van der Waals surface area contributed by atoms with Crippen LogP contribution in [-0.2, 0) is 16.6 Å². The molecule has 1 N–H and O–H groups in total. The Morgan fingerprint density at radius 1 is 1.58 bits per heavy atom. The van der Waals surface area contributed by atoms with Crippen molar-refractivity contribution >= 4 is 17.6 Å². The largest absolute Gasteiger partial charge is 0.342 e. The van der Waals surface area contributed by atoms with E-state index in [1.807, 2.05) is 0 Å². The average molecular weight is 264 g/mol. The van der Waals surface area contributed by atoms with Crippen LogP contribution in [0.25, 0.3) is 0 Å². The first-order valence-electron chi connectivity index (χ1n) is 6.54. The third-order valence-corrected chi connectivity index (χ3v) is 3.14. The summed E-state index contributed by atoms with van der Waals surface area (Å²) in [6.07, 6.45) is 2.06. The van der Waals surface area contributed by atoms with Crippen molar-refractivity contribution < 1.29 is 9.59 Å². The molecule has 0 bridgehead atoms. The van der Waals surface area contributed by atoms with Crippen molar-refractivity contribution in [3.8, 4) is 0 Å². The van der Waals surface area contributed by atoms with E-state index in [0.717, 1.165) is 0 Å². The molecule has 0 spiro atoms. The van der Waals surface area contributed by atoms with Crippen molar-refractivity contribution in [2.75, 3.05) is 18.4 Å². The molecule has 19 heavy (non-hydrogen) atoms. The lowest BCUT2D eigenvalue weighted by Gasteiger charge is -2.18. The van der Waals surface area contributed by atoms with Crippen LogP contribution in [-0.4, -0.2) is 39.6 Å². The lowest BCUT2D eigenvalue weighted by Crippen LogP contribution is -2.31. The van der Waals surface area contributed by atoms with Gasteiger partial charge in [-0.15, -0.1) is 0 Å². The van der Waals surface area contributed by atoms with Crippen LogP contribution in [0.2, 0.25) is 0 Å². The molecule has 1 aromatic heterocycles. The normalized spacial score (nSPS) is 19.3. The van der Waals surface area contributed by atoms with Crippen molar-refractivity contribution in [3.05, 3.63) is 12.3 Å². The number of carbonyl (C=O) groups excluding carboxylic acids is 2. The summed E-state index contributed by atoms with van der Waals surface area (Å²) in [5.74, 6) is 0.616. The average Bonchev–Trinajstić information content (AvgIpc) is 2.86. The minimum atomic E-state index is -0.270. The molecular weight excluding hydrogens is 244 g/mol. The van der Waals surface area contributed by atoms with E-state index in [0.29, 0.717) is 31.2 Å². The molecule has 104 valence electrons. The van der Waals surface area contributed by atoms with E-state index in [1.54, 1.807) is 28.9 Å². The zero-order chi connectivity index (χ0) is 14.0. The smallest absolute Gasteiger partial charge is 0.230 e.